The van der Waals surface area contributed by atoms with E-state index in [0.29, 0.717) is 12.6 Å². The standard InChI is InChI=1S/C13H21N3O/c1-2-17-13-6-5-12(15-8-13)10-16-7-3-4-11(14)9-16/h5-6,8,11H,2-4,7,9-10,14H2,1H3/t11-/m0/s1. The van der Waals surface area contributed by atoms with Crippen LogP contribution in [-0.4, -0.2) is 35.6 Å². The zero-order valence-corrected chi connectivity index (χ0v) is 10.4. The van der Waals surface area contributed by atoms with Crippen LogP contribution in [0.2, 0.25) is 0 Å². The van der Waals surface area contributed by atoms with Crippen molar-refractivity contribution in [2.75, 3.05) is 19.7 Å². The van der Waals surface area contributed by atoms with E-state index < -0.39 is 0 Å². The molecule has 1 saturated heterocycles. The van der Waals surface area contributed by atoms with Crippen molar-refractivity contribution in [2.24, 2.45) is 5.73 Å². The smallest absolute Gasteiger partial charge is 0.137 e. The number of ether oxygens (including phenoxy) is 1. The molecule has 2 heterocycles. The molecule has 1 aromatic heterocycles. The predicted molar refractivity (Wildman–Crippen MR) is 67.9 cm³/mol. The molecule has 0 unspecified atom stereocenters. The number of likely N-dealkylation sites (tertiary alicyclic amines) is 1. The third-order valence-electron chi connectivity index (χ3n) is 3.04. The Hall–Kier alpha value is -1.13. The molecule has 1 atom stereocenters. The molecule has 2 rings (SSSR count). The van der Waals surface area contributed by atoms with E-state index in [9.17, 15) is 0 Å². The van der Waals surface area contributed by atoms with Crippen molar-refractivity contribution in [1.29, 1.82) is 0 Å². The number of aromatic nitrogens is 1. The zero-order chi connectivity index (χ0) is 12.1. The SMILES string of the molecule is CCOc1ccc(CN2CCC[C@H](N)C2)nc1. The van der Waals surface area contributed by atoms with Gasteiger partial charge in [0.1, 0.15) is 5.75 Å². The maximum absolute atomic E-state index is 5.96. The Balaban J connectivity index is 1.89. The van der Waals surface area contributed by atoms with Gasteiger partial charge in [0.2, 0.25) is 0 Å². The van der Waals surface area contributed by atoms with Gasteiger partial charge < -0.3 is 10.5 Å². The van der Waals surface area contributed by atoms with E-state index in [1.54, 1.807) is 6.20 Å². The number of nitrogens with two attached hydrogens (primary N) is 1. The summed E-state index contributed by atoms with van der Waals surface area (Å²) in [7, 11) is 0. The molecule has 1 fully saturated rings. The first kappa shape index (κ1) is 12.3. The van der Waals surface area contributed by atoms with Crippen LogP contribution in [0.5, 0.6) is 5.75 Å². The third-order valence-corrected chi connectivity index (χ3v) is 3.04. The molecule has 0 aliphatic carbocycles. The van der Waals surface area contributed by atoms with Gasteiger partial charge >= 0.3 is 0 Å². The molecule has 17 heavy (non-hydrogen) atoms. The van der Waals surface area contributed by atoms with Crippen LogP contribution >= 0.6 is 0 Å². The van der Waals surface area contributed by atoms with Crippen LogP contribution < -0.4 is 10.5 Å². The Kier molecular flexibility index (Phi) is 4.34. The Morgan fingerprint density at radius 3 is 3.06 bits per heavy atom. The summed E-state index contributed by atoms with van der Waals surface area (Å²) in [4.78, 5) is 6.78. The second kappa shape index (κ2) is 5.98. The van der Waals surface area contributed by atoms with Crippen molar-refractivity contribution in [3.63, 3.8) is 0 Å². The molecule has 1 aliphatic heterocycles. The number of rotatable bonds is 4. The Bertz CT molecular complexity index is 339. The molecule has 0 saturated carbocycles. The lowest BCUT2D eigenvalue weighted by Crippen LogP contribution is -2.42. The summed E-state index contributed by atoms with van der Waals surface area (Å²) < 4.78 is 5.37. The molecule has 0 bridgehead atoms. The van der Waals surface area contributed by atoms with Crippen LogP contribution in [0.25, 0.3) is 0 Å². The molecule has 4 heteroatoms. The number of piperidine rings is 1. The van der Waals surface area contributed by atoms with Gasteiger partial charge in [-0.25, -0.2) is 0 Å². The number of nitrogens with zero attached hydrogens (tertiary/aromatic N) is 2. The lowest BCUT2D eigenvalue weighted by Gasteiger charge is -2.30. The second-order valence-corrected chi connectivity index (χ2v) is 4.56. The van der Waals surface area contributed by atoms with E-state index in [1.165, 1.54) is 6.42 Å². The highest BCUT2D eigenvalue weighted by Crippen LogP contribution is 2.13. The van der Waals surface area contributed by atoms with Crippen molar-refractivity contribution in [1.82, 2.24) is 9.88 Å². The first-order valence-electron chi connectivity index (χ1n) is 6.33. The van der Waals surface area contributed by atoms with Crippen molar-refractivity contribution in [2.45, 2.75) is 32.4 Å². The van der Waals surface area contributed by atoms with Crippen LogP contribution in [0.4, 0.5) is 0 Å². The van der Waals surface area contributed by atoms with Gasteiger partial charge in [0, 0.05) is 19.1 Å². The molecule has 0 spiro atoms. The fourth-order valence-corrected chi connectivity index (χ4v) is 2.22. The Morgan fingerprint density at radius 2 is 2.41 bits per heavy atom. The van der Waals surface area contributed by atoms with Gasteiger partial charge in [0.25, 0.3) is 0 Å². The lowest BCUT2D eigenvalue weighted by molar-refractivity contribution is 0.199. The van der Waals surface area contributed by atoms with E-state index in [1.807, 2.05) is 19.1 Å². The monoisotopic (exact) mass is 235 g/mol. The third kappa shape index (κ3) is 3.68. The summed E-state index contributed by atoms with van der Waals surface area (Å²) in [6.45, 7) is 5.66. The van der Waals surface area contributed by atoms with E-state index >= 15 is 0 Å². The molecule has 0 amide bonds. The average Bonchev–Trinajstić information content (AvgIpc) is 2.32. The van der Waals surface area contributed by atoms with E-state index in [-0.39, 0.29) is 0 Å². The minimum absolute atomic E-state index is 0.325. The molecule has 0 aromatic carbocycles. The highest BCUT2D eigenvalue weighted by molar-refractivity contribution is 5.19. The minimum Gasteiger partial charge on any atom is -0.492 e. The molecule has 1 aliphatic rings. The summed E-state index contributed by atoms with van der Waals surface area (Å²) in [5.41, 5.74) is 7.05. The molecular formula is C13H21N3O. The summed E-state index contributed by atoms with van der Waals surface area (Å²) in [6, 6.07) is 4.34. The van der Waals surface area contributed by atoms with Gasteiger partial charge in [-0.3, -0.25) is 9.88 Å². The average molecular weight is 235 g/mol. The molecule has 2 N–H and O–H groups in total. The van der Waals surface area contributed by atoms with E-state index in [0.717, 1.165) is 37.5 Å². The molecule has 94 valence electrons. The molecular weight excluding hydrogens is 214 g/mol. The zero-order valence-electron chi connectivity index (χ0n) is 10.4. The van der Waals surface area contributed by atoms with E-state index in [2.05, 4.69) is 9.88 Å². The summed E-state index contributed by atoms with van der Waals surface area (Å²) in [5, 5.41) is 0. The van der Waals surface area contributed by atoms with E-state index in [4.69, 9.17) is 10.5 Å². The highest BCUT2D eigenvalue weighted by atomic mass is 16.5. The molecule has 1 aromatic rings. The highest BCUT2D eigenvalue weighted by Gasteiger charge is 2.16. The largest absolute Gasteiger partial charge is 0.492 e. The fourth-order valence-electron chi connectivity index (χ4n) is 2.22. The van der Waals surface area contributed by atoms with Gasteiger partial charge in [-0.2, -0.15) is 0 Å². The quantitative estimate of drug-likeness (QED) is 0.857. The lowest BCUT2D eigenvalue weighted by atomic mass is 10.1. The summed E-state index contributed by atoms with van der Waals surface area (Å²) >= 11 is 0. The van der Waals surface area contributed by atoms with Gasteiger partial charge in [-0.1, -0.05) is 0 Å². The summed E-state index contributed by atoms with van der Waals surface area (Å²) in [5.74, 6) is 0.839. The maximum atomic E-state index is 5.96. The fraction of sp³-hybridized carbons (Fsp3) is 0.615. The normalized spacial score (nSPS) is 21.4. The van der Waals surface area contributed by atoms with Crippen LogP contribution in [0, 0.1) is 0 Å². The Morgan fingerprint density at radius 1 is 1.53 bits per heavy atom. The van der Waals surface area contributed by atoms with Crippen LogP contribution in [0.1, 0.15) is 25.5 Å². The van der Waals surface area contributed by atoms with Gasteiger partial charge in [-0.15, -0.1) is 0 Å². The summed E-state index contributed by atoms with van der Waals surface area (Å²) in [6.07, 6.45) is 4.13. The van der Waals surface area contributed by atoms with Crippen molar-refractivity contribution in [3.8, 4) is 5.75 Å². The van der Waals surface area contributed by atoms with Crippen LogP contribution in [-0.2, 0) is 6.54 Å². The molecule has 0 radical (unpaired) electrons. The number of hydrogen-bond donors (Lipinski definition) is 1. The van der Waals surface area contributed by atoms with Gasteiger partial charge in [0.15, 0.2) is 0 Å². The Labute approximate surface area is 103 Å². The predicted octanol–water partition coefficient (Wildman–Crippen LogP) is 1.40. The van der Waals surface area contributed by atoms with Crippen LogP contribution in [0.3, 0.4) is 0 Å². The topological polar surface area (TPSA) is 51.4 Å². The first-order valence-corrected chi connectivity index (χ1v) is 6.33. The minimum atomic E-state index is 0.325. The number of hydrogen-bond acceptors (Lipinski definition) is 4. The first-order chi connectivity index (χ1) is 8.28. The van der Waals surface area contributed by atoms with Crippen molar-refractivity contribution >= 4 is 0 Å². The maximum Gasteiger partial charge on any atom is 0.137 e. The van der Waals surface area contributed by atoms with Crippen molar-refractivity contribution in [3.05, 3.63) is 24.0 Å². The number of pyridine rings is 1. The van der Waals surface area contributed by atoms with Gasteiger partial charge in [-0.05, 0) is 38.4 Å². The van der Waals surface area contributed by atoms with Crippen molar-refractivity contribution < 1.29 is 4.74 Å². The van der Waals surface area contributed by atoms with Crippen LogP contribution in [0.15, 0.2) is 18.3 Å². The molecule has 4 nitrogen and oxygen atoms in total. The van der Waals surface area contributed by atoms with Gasteiger partial charge in [0.05, 0.1) is 18.5 Å². The second-order valence-electron chi connectivity index (χ2n) is 4.56.